The fourth-order valence-corrected chi connectivity index (χ4v) is 2.39. The molecular weight excluding hydrogens is 226 g/mol. The maximum Gasteiger partial charge on any atom is 0.219 e. The molecule has 2 fully saturated rings. The van der Waals surface area contributed by atoms with Crippen LogP contribution in [0.5, 0.6) is 0 Å². The third-order valence-electron chi connectivity index (χ3n) is 3.70. The largest absolute Gasteiger partial charge is 0.342 e. The third-order valence-corrected chi connectivity index (χ3v) is 3.70. The second-order valence-electron chi connectivity index (χ2n) is 5.54. The molecular formula is C14H25N3O. The highest BCUT2D eigenvalue weighted by Crippen LogP contribution is 2.18. The molecule has 2 aliphatic rings. The van der Waals surface area contributed by atoms with Gasteiger partial charge in [-0.1, -0.05) is 6.58 Å². The Labute approximate surface area is 110 Å². The highest BCUT2D eigenvalue weighted by molar-refractivity contribution is 5.73. The Morgan fingerprint density at radius 2 is 2.06 bits per heavy atom. The first-order valence-corrected chi connectivity index (χ1v) is 7.03. The van der Waals surface area contributed by atoms with Gasteiger partial charge in [0.25, 0.3) is 0 Å². The molecule has 0 aromatic heterocycles. The molecule has 4 heteroatoms. The van der Waals surface area contributed by atoms with E-state index in [1.165, 1.54) is 18.4 Å². The lowest BCUT2D eigenvalue weighted by atomic mass is 10.2. The van der Waals surface area contributed by atoms with Crippen LogP contribution in [-0.2, 0) is 4.79 Å². The average molecular weight is 251 g/mol. The molecule has 102 valence electrons. The minimum atomic E-state index is 0.200. The van der Waals surface area contributed by atoms with Gasteiger partial charge in [-0.25, -0.2) is 0 Å². The molecule has 0 spiro atoms. The number of nitrogens with zero attached hydrogens (tertiary/aromatic N) is 2. The normalized spacial score (nSPS) is 21.7. The topological polar surface area (TPSA) is 35.6 Å². The van der Waals surface area contributed by atoms with Gasteiger partial charge in [-0.3, -0.25) is 9.69 Å². The molecule has 18 heavy (non-hydrogen) atoms. The van der Waals surface area contributed by atoms with Gasteiger partial charge >= 0.3 is 0 Å². The maximum atomic E-state index is 11.3. The minimum absolute atomic E-state index is 0.200. The van der Waals surface area contributed by atoms with Crippen LogP contribution in [0.25, 0.3) is 0 Å². The van der Waals surface area contributed by atoms with E-state index < -0.39 is 0 Å². The predicted molar refractivity (Wildman–Crippen MR) is 73.5 cm³/mol. The van der Waals surface area contributed by atoms with Crippen molar-refractivity contribution in [3.05, 3.63) is 12.2 Å². The lowest BCUT2D eigenvalue weighted by molar-refractivity contribution is -0.128. The van der Waals surface area contributed by atoms with Gasteiger partial charge in [0.05, 0.1) is 0 Å². The van der Waals surface area contributed by atoms with Gasteiger partial charge in [0.2, 0.25) is 5.91 Å². The summed E-state index contributed by atoms with van der Waals surface area (Å²) in [6.45, 7) is 11.5. The van der Waals surface area contributed by atoms with Gasteiger partial charge in [-0.15, -0.1) is 0 Å². The second kappa shape index (κ2) is 6.34. The van der Waals surface area contributed by atoms with Crippen molar-refractivity contribution in [2.75, 3.05) is 39.3 Å². The molecule has 0 bridgehead atoms. The number of hydrogen-bond donors (Lipinski definition) is 1. The summed E-state index contributed by atoms with van der Waals surface area (Å²) in [6, 6.07) is 0.749. The molecule has 1 aliphatic heterocycles. The number of nitrogens with one attached hydrogen (secondary N) is 1. The highest BCUT2D eigenvalue weighted by atomic mass is 16.2. The second-order valence-corrected chi connectivity index (χ2v) is 5.54. The summed E-state index contributed by atoms with van der Waals surface area (Å²) in [5, 5.41) is 3.50. The summed E-state index contributed by atoms with van der Waals surface area (Å²) in [6.07, 6.45) is 3.72. The van der Waals surface area contributed by atoms with E-state index in [9.17, 15) is 4.79 Å². The fourth-order valence-electron chi connectivity index (χ4n) is 2.39. The molecule has 0 radical (unpaired) electrons. The van der Waals surface area contributed by atoms with Crippen LogP contribution >= 0.6 is 0 Å². The summed E-state index contributed by atoms with van der Waals surface area (Å²) < 4.78 is 0. The molecule has 0 aromatic rings. The first-order chi connectivity index (χ1) is 8.65. The van der Waals surface area contributed by atoms with Crippen LogP contribution in [0.15, 0.2) is 12.2 Å². The van der Waals surface area contributed by atoms with Gasteiger partial charge in [0.15, 0.2) is 0 Å². The smallest absolute Gasteiger partial charge is 0.219 e. The van der Waals surface area contributed by atoms with Crippen molar-refractivity contribution in [3.8, 4) is 0 Å². The Morgan fingerprint density at radius 1 is 1.28 bits per heavy atom. The Kier molecular flexibility index (Phi) is 4.78. The van der Waals surface area contributed by atoms with Crippen molar-refractivity contribution >= 4 is 5.91 Å². The van der Waals surface area contributed by atoms with E-state index in [1.807, 2.05) is 4.90 Å². The number of amides is 1. The average Bonchev–Trinajstić information content (AvgIpc) is 3.13. The van der Waals surface area contributed by atoms with E-state index in [1.54, 1.807) is 6.92 Å². The van der Waals surface area contributed by atoms with Crippen molar-refractivity contribution in [2.45, 2.75) is 32.2 Å². The Morgan fingerprint density at radius 3 is 2.72 bits per heavy atom. The van der Waals surface area contributed by atoms with Crippen LogP contribution < -0.4 is 5.32 Å². The van der Waals surface area contributed by atoms with Crippen LogP contribution in [-0.4, -0.2) is 61.0 Å². The zero-order valence-electron chi connectivity index (χ0n) is 11.5. The van der Waals surface area contributed by atoms with E-state index in [2.05, 4.69) is 16.8 Å². The Bertz CT molecular complexity index is 312. The molecule has 1 saturated heterocycles. The molecule has 0 atom stereocenters. The molecule has 1 N–H and O–H groups in total. The van der Waals surface area contributed by atoms with Crippen LogP contribution in [0, 0.1) is 0 Å². The van der Waals surface area contributed by atoms with E-state index in [0.717, 1.165) is 51.7 Å². The van der Waals surface area contributed by atoms with E-state index in [4.69, 9.17) is 0 Å². The highest BCUT2D eigenvalue weighted by Gasteiger charge is 2.21. The first kappa shape index (κ1) is 13.6. The molecule has 1 amide bonds. The molecule has 0 unspecified atom stereocenters. The number of carbonyl (C=O) groups excluding carboxylic acids is 1. The fraction of sp³-hybridized carbons (Fsp3) is 0.786. The molecule has 1 heterocycles. The Balaban J connectivity index is 1.68. The Hall–Kier alpha value is -0.870. The van der Waals surface area contributed by atoms with Crippen LogP contribution in [0.4, 0.5) is 0 Å². The summed E-state index contributed by atoms with van der Waals surface area (Å²) in [7, 11) is 0. The zero-order chi connectivity index (χ0) is 13.0. The van der Waals surface area contributed by atoms with E-state index in [0.29, 0.717) is 0 Å². The maximum absolute atomic E-state index is 11.3. The lowest BCUT2D eigenvalue weighted by Gasteiger charge is -2.22. The van der Waals surface area contributed by atoms with Gasteiger partial charge in [-0.2, -0.15) is 0 Å². The van der Waals surface area contributed by atoms with Crippen LogP contribution in [0.3, 0.4) is 0 Å². The molecule has 1 saturated carbocycles. The van der Waals surface area contributed by atoms with Gasteiger partial charge in [0, 0.05) is 52.2 Å². The van der Waals surface area contributed by atoms with Crippen molar-refractivity contribution in [3.63, 3.8) is 0 Å². The van der Waals surface area contributed by atoms with Crippen molar-refractivity contribution in [1.82, 2.24) is 15.1 Å². The molecule has 0 aromatic carbocycles. The van der Waals surface area contributed by atoms with Crippen LogP contribution in [0.2, 0.25) is 0 Å². The molecule has 4 nitrogen and oxygen atoms in total. The summed E-state index contributed by atoms with van der Waals surface area (Å²) in [5.41, 5.74) is 1.26. The first-order valence-electron chi connectivity index (χ1n) is 7.03. The van der Waals surface area contributed by atoms with Gasteiger partial charge < -0.3 is 10.2 Å². The number of hydrogen-bond acceptors (Lipinski definition) is 3. The SMILES string of the molecule is C=C(CNC1CC1)CN1CCCN(C(C)=O)CC1. The van der Waals surface area contributed by atoms with Crippen molar-refractivity contribution in [2.24, 2.45) is 0 Å². The van der Waals surface area contributed by atoms with Crippen molar-refractivity contribution in [1.29, 1.82) is 0 Å². The summed E-state index contributed by atoms with van der Waals surface area (Å²) in [4.78, 5) is 15.7. The third kappa shape index (κ3) is 4.42. The molecule has 1 aliphatic carbocycles. The minimum Gasteiger partial charge on any atom is -0.342 e. The van der Waals surface area contributed by atoms with Crippen molar-refractivity contribution < 1.29 is 4.79 Å². The number of rotatable bonds is 5. The summed E-state index contributed by atoms with van der Waals surface area (Å²) in [5.74, 6) is 0.200. The van der Waals surface area contributed by atoms with Gasteiger partial charge in [0.1, 0.15) is 0 Å². The standard InChI is InChI=1S/C14H25N3O/c1-12(10-15-14-4-5-14)11-16-6-3-7-17(9-8-16)13(2)18/h14-15H,1,3-11H2,2H3. The van der Waals surface area contributed by atoms with Gasteiger partial charge in [-0.05, 0) is 24.8 Å². The molecule has 2 rings (SSSR count). The predicted octanol–water partition coefficient (Wildman–Crippen LogP) is 0.849. The van der Waals surface area contributed by atoms with E-state index in [-0.39, 0.29) is 5.91 Å². The zero-order valence-corrected chi connectivity index (χ0v) is 11.5. The lowest BCUT2D eigenvalue weighted by Crippen LogP contribution is -2.35. The summed E-state index contributed by atoms with van der Waals surface area (Å²) >= 11 is 0. The quantitative estimate of drug-likeness (QED) is 0.736. The number of carbonyl (C=O) groups is 1. The monoisotopic (exact) mass is 251 g/mol. The van der Waals surface area contributed by atoms with E-state index >= 15 is 0 Å². The van der Waals surface area contributed by atoms with Crippen LogP contribution in [0.1, 0.15) is 26.2 Å².